The van der Waals surface area contributed by atoms with Crippen LogP contribution in [0.15, 0.2) is 72.8 Å². The van der Waals surface area contributed by atoms with Crippen LogP contribution in [0.5, 0.6) is 0 Å². The molecule has 0 aliphatic heterocycles. The number of halogens is 4. The third-order valence-corrected chi connectivity index (χ3v) is 3.60. The quantitative estimate of drug-likeness (QED) is 0.495. The van der Waals surface area contributed by atoms with Crippen LogP contribution in [0, 0.1) is 5.82 Å². The van der Waals surface area contributed by atoms with Gasteiger partial charge in [0.15, 0.2) is 0 Å². The van der Waals surface area contributed by atoms with Crippen LogP contribution in [0.25, 0.3) is 22.3 Å². The minimum atomic E-state index is -4.53. The predicted octanol–water partition coefficient (Wildman–Crippen LogP) is 6.18. The molecule has 23 heavy (non-hydrogen) atoms. The van der Waals surface area contributed by atoms with E-state index in [-0.39, 0.29) is 11.1 Å². The molecule has 0 amide bonds. The zero-order valence-electron chi connectivity index (χ0n) is 11.9. The Morgan fingerprint density at radius 3 is 1.91 bits per heavy atom. The molecular formula is C19H12F4. The second-order valence-corrected chi connectivity index (χ2v) is 5.10. The summed E-state index contributed by atoms with van der Waals surface area (Å²) < 4.78 is 53.7. The fraction of sp³-hybridized carbons (Fsp3) is 0.0526. The third-order valence-electron chi connectivity index (χ3n) is 3.60. The molecule has 0 bridgehead atoms. The maximum absolute atomic E-state index is 14.4. The SMILES string of the molecule is Fc1cc(-c2ccccc2)ccc1-c1ccccc1C(F)(F)F. The van der Waals surface area contributed by atoms with Crippen LogP contribution in [-0.2, 0) is 6.18 Å². The van der Waals surface area contributed by atoms with Gasteiger partial charge in [-0.2, -0.15) is 13.2 Å². The summed E-state index contributed by atoms with van der Waals surface area (Å²) in [6.45, 7) is 0. The van der Waals surface area contributed by atoms with Gasteiger partial charge in [0.05, 0.1) is 5.56 Å². The van der Waals surface area contributed by atoms with Crippen molar-refractivity contribution >= 4 is 0 Å². The Kier molecular flexibility index (Phi) is 3.90. The largest absolute Gasteiger partial charge is 0.417 e. The van der Waals surface area contributed by atoms with Gasteiger partial charge in [-0.1, -0.05) is 60.7 Å². The Hall–Kier alpha value is -2.62. The summed E-state index contributed by atoms with van der Waals surface area (Å²) in [5.41, 5.74) is 0.375. The van der Waals surface area contributed by atoms with Crippen LogP contribution in [-0.4, -0.2) is 0 Å². The molecule has 0 spiro atoms. The molecule has 0 atom stereocenters. The van der Waals surface area contributed by atoms with E-state index in [1.54, 1.807) is 6.07 Å². The van der Waals surface area contributed by atoms with Gasteiger partial charge in [0.1, 0.15) is 5.82 Å². The third kappa shape index (κ3) is 3.11. The van der Waals surface area contributed by atoms with Crippen molar-refractivity contribution in [1.29, 1.82) is 0 Å². The molecular weight excluding hydrogens is 304 g/mol. The lowest BCUT2D eigenvalue weighted by Crippen LogP contribution is -2.07. The van der Waals surface area contributed by atoms with Gasteiger partial charge >= 0.3 is 6.18 Å². The first-order valence-corrected chi connectivity index (χ1v) is 6.98. The molecule has 4 heteroatoms. The highest BCUT2D eigenvalue weighted by Crippen LogP contribution is 2.38. The van der Waals surface area contributed by atoms with E-state index in [0.29, 0.717) is 5.56 Å². The maximum atomic E-state index is 14.4. The molecule has 3 rings (SSSR count). The Morgan fingerprint density at radius 2 is 1.26 bits per heavy atom. The van der Waals surface area contributed by atoms with Crippen molar-refractivity contribution in [3.05, 3.63) is 84.2 Å². The summed E-state index contributed by atoms with van der Waals surface area (Å²) >= 11 is 0. The zero-order valence-corrected chi connectivity index (χ0v) is 11.9. The first-order valence-electron chi connectivity index (χ1n) is 6.98. The van der Waals surface area contributed by atoms with Gasteiger partial charge < -0.3 is 0 Å². The number of benzene rings is 3. The van der Waals surface area contributed by atoms with Crippen LogP contribution < -0.4 is 0 Å². The fourth-order valence-corrected chi connectivity index (χ4v) is 2.51. The van der Waals surface area contributed by atoms with Gasteiger partial charge in [-0.15, -0.1) is 0 Å². The summed E-state index contributed by atoms with van der Waals surface area (Å²) in [5, 5.41) is 0. The second-order valence-electron chi connectivity index (χ2n) is 5.10. The molecule has 0 radical (unpaired) electrons. The lowest BCUT2D eigenvalue weighted by molar-refractivity contribution is -0.137. The number of alkyl halides is 3. The molecule has 116 valence electrons. The molecule has 0 aliphatic carbocycles. The lowest BCUT2D eigenvalue weighted by Gasteiger charge is -2.14. The first-order chi connectivity index (χ1) is 11.0. The van der Waals surface area contributed by atoms with Gasteiger partial charge in [0.25, 0.3) is 0 Å². The van der Waals surface area contributed by atoms with Crippen LogP contribution in [0.1, 0.15) is 5.56 Å². The zero-order chi connectivity index (χ0) is 16.4. The molecule has 0 heterocycles. The van der Waals surface area contributed by atoms with E-state index in [0.717, 1.165) is 11.6 Å². The monoisotopic (exact) mass is 316 g/mol. The second kappa shape index (κ2) is 5.88. The Labute approximate surface area is 131 Å². The average molecular weight is 316 g/mol. The predicted molar refractivity (Wildman–Crippen MR) is 82.3 cm³/mol. The maximum Gasteiger partial charge on any atom is 0.417 e. The van der Waals surface area contributed by atoms with Gasteiger partial charge in [-0.05, 0) is 28.8 Å². The Morgan fingerprint density at radius 1 is 0.609 bits per heavy atom. The highest BCUT2D eigenvalue weighted by atomic mass is 19.4. The minimum absolute atomic E-state index is 0.0578. The molecule has 3 aromatic rings. The summed E-state index contributed by atoms with van der Waals surface area (Å²) in [5.74, 6) is -0.678. The van der Waals surface area contributed by atoms with E-state index < -0.39 is 17.6 Å². The minimum Gasteiger partial charge on any atom is -0.206 e. The van der Waals surface area contributed by atoms with Crippen molar-refractivity contribution in [2.45, 2.75) is 6.18 Å². The van der Waals surface area contributed by atoms with E-state index in [1.807, 2.05) is 30.3 Å². The highest BCUT2D eigenvalue weighted by molar-refractivity contribution is 5.73. The first kappa shape index (κ1) is 15.3. The van der Waals surface area contributed by atoms with Crippen LogP contribution >= 0.6 is 0 Å². The molecule has 0 fully saturated rings. The lowest BCUT2D eigenvalue weighted by atomic mass is 9.96. The number of hydrogen-bond acceptors (Lipinski definition) is 0. The topological polar surface area (TPSA) is 0 Å². The van der Waals surface area contributed by atoms with E-state index >= 15 is 0 Å². The van der Waals surface area contributed by atoms with Gasteiger partial charge in [0, 0.05) is 5.56 Å². The molecule has 0 saturated heterocycles. The normalized spacial score (nSPS) is 11.5. The van der Waals surface area contributed by atoms with Gasteiger partial charge in [0.2, 0.25) is 0 Å². The van der Waals surface area contributed by atoms with Gasteiger partial charge in [-0.3, -0.25) is 0 Å². The summed E-state index contributed by atoms with van der Waals surface area (Å²) in [6, 6.07) is 18.4. The van der Waals surface area contributed by atoms with Crippen molar-refractivity contribution in [2.24, 2.45) is 0 Å². The molecule has 0 unspecified atom stereocenters. The van der Waals surface area contributed by atoms with E-state index in [4.69, 9.17) is 0 Å². The van der Waals surface area contributed by atoms with E-state index in [1.165, 1.54) is 30.3 Å². The summed E-state index contributed by atoms with van der Waals surface area (Å²) in [4.78, 5) is 0. The number of hydrogen-bond donors (Lipinski definition) is 0. The van der Waals surface area contributed by atoms with Crippen molar-refractivity contribution in [3.63, 3.8) is 0 Å². The molecule has 0 N–H and O–H groups in total. The molecule has 0 nitrogen and oxygen atoms in total. The van der Waals surface area contributed by atoms with E-state index in [9.17, 15) is 17.6 Å². The average Bonchev–Trinajstić information content (AvgIpc) is 2.55. The molecule has 0 aliphatic rings. The van der Waals surface area contributed by atoms with Crippen molar-refractivity contribution in [3.8, 4) is 22.3 Å². The molecule has 3 aromatic carbocycles. The summed E-state index contributed by atoms with van der Waals surface area (Å²) in [6.07, 6.45) is -4.53. The fourth-order valence-electron chi connectivity index (χ4n) is 2.51. The number of rotatable bonds is 2. The highest BCUT2D eigenvalue weighted by Gasteiger charge is 2.33. The van der Waals surface area contributed by atoms with Crippen LogP contribution in [0.2, 0.25) is 0 Å². The van der Waals surface area contributed by atoms with E-state index in [2.05, 4.69) is 0 Å². The van der Waals surface area contributed by atoms with Gasteiger partial charge in [-0.25, -0.2) is 4.39 Å². The smallest absolute Gasteiger partial charge is 0.206 e. The van der Waals surface area contributed by atoms with Crippen molar-refractivity contribution < 1.29 is 17.6 Å². The van der Waals surface area contributed by atoms with Crippen LogP contribution in [0.3, 0.4) is 0 Å². The van der Waals surface area contributed by atoms with Crippen molar-refractivity contribution in [2.75, 3.05) is 0 Å². The molecule has 0 saturated carbocycles. The molecule has 0 aromatic heterocycles. The van der Waals surface area contributed by atoms with Crippen molar-refractivity contribution in [1.82, 2.24) is 0 Å². The summed E-state index contributed by atoms with van der Waals surface area (Å²) in [7, 11) is 0. The standard InChI is InChI=1S/C19H12F4/c20-18-12-14(13-6-2-1-3-7-13)10-11-16(18)15-8-4-5-9-17(15)19(21,22)23/h1-12H. The Bertz CT molecular complexity index is 820. The Balaban J connectivity index is 2.10. The van der Waals surface area contributed by atoms with Crippen LogP contribution in [0.4, 0.5) is 17.6 Å².